The average molecular weight is 392 g/mol. The Kier molecular flexibility index (Phi) is 5.62. The molecule has 0 bridgehead atoms. The number of rotatable bonds is 5. The first-order valence-electron chi connectivity index (χ1n) is 11.0. The van der Waals surface area contributed by atoms with Gasteiger partial charge in [-0.1, -0.05) is 33.1 Å². The number of ether oxygens (including phenoxy) is 1. The molecule has 0 aliphatic heterocycles. The molecular weight excluding hydrogens is 358 g/mol. The van der Waals surface area contributed by atoms with Gasteiger partial charge < -0.3 is 9.30 Å². The molecule has 29 heavy (non-hydrogen) atoms. The third-order valence-electron chi connectivity index (χ3n) is 6.33. The molecule has 0 N–H and O–H groups in total. The van der Waals surface area contributed by atoms with E-state index < -0.39 is 0 Å². The maximum Gasteiger partial charge on any atom is 0.222 e. The van der Waals surface area contributed by atoms with E-state index in [1.807, 2.05) is 0 Å². The second-order valence-corrected chi connectivity index (χ2v) is 8.94. The molecule has 0 amide bonds. The maximum atomic E-state index is 5.64. The molecule has 4 nitrogen and oxygen atoms in total. The van der Waals surface area contributed by atoms with Crippen LogP contribution >= 0.6 is 0 Å². The van der Waals surface area contributed by atoms with Crippen molar-refractivity contribution in [2.75, 3.05) is 7.11 Å². The van der Waals surface area contributed by atoms with Crippen LogP contribution in [0.15, 0.2) is 24.4 Å². The first-order chi connectivity index (χ1) is 14.0. The molecule has 0 spiro atoms. The highest BCUT2D eigenvalue weighted by molar-refractivity contribution is 5.85. The van der Waals surface area contributed by atoms with Crippen LogP contribution in [0.3, 0.4) is 0 Å². The van der Waals surface area contributed by atoms with Gasteiger partial charge in [0.1, 0.15) is 0 Å². The number of aryl methyl sites for hydroxylation is 2. The second-order valence-electron chi connectivity index (χ2n) is 8.94. The minimum Gasteiger partial charge on any atom is -0.480 e. The molecule has 154 valence electrons. The van der Waals surface area contributed by atoms with Crippen molar-refractivity contribution in [3.63, 3.8) is 0 Å². The Morgan fingerprint density at radius 3 is 2.52 bits per heavy atom. The molecule has 0 unspecified atom stereocenters. The molecule has 1 saturated carbocycles. The van der Waals surface area contributed by atoms with Crippen molar-refractivity contribution < 1.29 is 4.74 Å². The van der Waals surface area contributed by atoms with E-state index in [-0.39, 0.29) is 0 Å². The van der Waals surface area contributed by atoms with Gasteiger partial charge in [-0.25, -0.2) is 9.97 Å². The van der Waals surface area contributed by atoms with E-state index in [1.165, 1.54) is 43.2 Å². The summed E-state index contributed by atoms with van der Waals surface area (Å²) < 4.78 is 8.07. The van der Waals surface area contributed by atoms with Gasteiger partial charge in [-0.05, 0) is 67.9 Å². The number of methoxy groups -OCH3 is 1. The molecule has 0 atom stereocenters. The Morgan fingerprint density at radius 1 is 1.07 bits per heavy atom. The highest BCUT2D eigenvalue weighted by Crippen LogP contribution is 2.34. The highest BCUT2D eigenvalue weighted by Gasteiger charge is 2.19. The summed E-state index contributed by atoms with van der Waals surface area (Å²) in [6, 6.07) is 6.49. The third kappa shape index (κ3) is 3.90. The topological polar surface area (TPSA) is 39.9 Å². The van der Waals surface area contributed by atoms with Crippen molar-refractivity contribution in [1.82, 2.24) is 14.5 Å². The molecule has 3 aromatic heterocycles. The number of hydrogen-bond donors (Lipinski definition) is 0. The van der Waals surface area contributed by atoms with Crippen LogP contribution in [0.1, 0.15) is 68.7 Å². The SMILES string of the molecule is COc1nc(C(C)C)ccc1-c1nc2c(C)cn(CC3CCCCC3)c2cc1C. The molecule has 0 saturated heterocycles. The summed E-state index contributed by atoms with van der Waals surface area (Å²) >= 11 is 0. The van der Waals surface area contributed by atoms with Crippen molar-refractivity contribution in [2.45, 2.75) is 72.3 Å². The van der Waals surface area contributed by atoms with Crippen LogP contribution < -0.4 is 4.74 Å². The van der Waals surface area contributed by atoms with Crippen molar-refractivity contribution in [2.24, 2.45) is 5.92 Å². The quantitative estimate of drug-likeness (QED) is 0.503. The lowest BCUT2D eigenvalue weighted by molar-refractivity contribution is 0.322. The largest absolute Gasteiger partial charge is 0.480 e. The van der Waals surface area contributed by atoms with Crippen LogP contribution in [0, 0.1) is 19.8 Å². The average Bonchev–Trinajstić information content (AvgIpc) is 3.02. The van der Waals surface area contributed by atoms with Gasteiger partial charge in [0.2, 0.25) is 5.88 Å². The first kappa shape index (κ1) is 19.9. The molecule has 4 heteroatoms. The standard InChI is InChI=1S/C25H33N3O/c1-16(2)21-12-11-20(25(26-21)29-5)23-17(3)13-22-24(27-23)18(4)14-28(22)15-19-9-7-6-8-10-19/h11-14,16,19H,6-10,15H2,1-5H3. The van der Waals surface area contributed by atoms with Gasteiger partial charge in [0, 0.05) is 18.4 Å². The zero-order valence-corrected chi connectivity index (χ0v) is 18.5. The molecule has 3 aromatic rings. The summed E-state index contributed by atoms with van der Waals surface area (Å²) in [7, 11) is 1.69. The monoisotopic (exact) mass is 391 g/mol. The molecule has 0 aromatic carbocycles. The van der Waals surface area contributed by atoms with Crippen LogP contribution in [0.25, 0.3) is 22.3 Å². The minimum atomic E-state index is 0.366. The van der Waals surface area contributed by atoms with Crippen molar-refractivity contribution in [1.29, 1.82) is 0 Å². The van der Waals surface area contributed by atoms with Crippen LogP contribution in [-0.2, 0) is 6.54 Å². The zero-order valence-electron chi connectivity index (χ0n) is 18.5. The second kappa shape index (κ2) is 8.17. The normalized spacial score (nSPS) is 15.4. The van der Waals surface area contributed by atoms with Gasteiger partial charge in [-0.15, -0.1) is 0 Å². The lowest BCUT2D eigenvalue weighted by Crippen LogP contribution is -2.13. The van der Waals surface area contributed by atoms with Crippen LogP contribution in [-0.4, -0.2) is 21.6 Å². The smallest absolute Gasteiger partial charge is 0.222 e. The summed E-state index contributed by atoms with van der Waals surface area (Å²) in [6.45, 7) is 9.72. The molecule has 3 heterocycles. The highest BCUT2D eigenvalue weighted by atomic mass is 16.5. The van der Waals surface area contributed by atoms with Gasteiger partial charge in [-0.2, -0.15) is 0 Å². The van der Waals surface area contributed by atoms with E-state index in [2.05, 4.69) is 56.7 Å². The number of nitrogens with zero attached hydrogens (tertiary/aromatic N) is 3. The van der Waals surface area contributed by atoms with Crippen molar-refractivity contribution in [3.8, 4) is 17.1 Å². The van der Waals surface area contributed by atoms with Crippen LogP contribution in [0.2, 0.25) is 0 Å². The van der Waals surface area contributed by atoms with Gasteiger partial charge in [0.15, 0.2) is 0 Å². The number of aromatic nitrogens is 3. The zero-order chi connectivity index (χ0) is 20.5. The summed E-state index contributed by atoms with van der Waals surface area (Å²) in [5.41, 5.74) is 7.72. The van der Waals surface area contributed by atoms with Crippen LogP contribution in [0.4, 0.5) is 0 Å². The van der Waals surface area contributed by atoms with E-state index in [4.69, 9.17) is 14.7 Å². The predicted molar refractivity (Wildman–Crippen MR) is 120 cm³/mol. The number of pyridine rings is 2. The van der Waals surface area contributed by atoms with Gasteiger partial charge in [0.05, 0.1) is 29.4 Å². The summed E-state index contributed by atoms with van der Waals surface area (Å²) in [4.78, 5) is 9.83. The summed E-state index contributed by atoms with van der Waals surface area (Å²) in [6.07, 6.45) is 9.15. The van der Waals surface area contributed by atoms with Gasteiger partial charge in [-0.3, -0.25) is 0 Å². The Morgan fingerprint density at radius 2 is 1.83 bits per heavy atom. The fraction of sp³-hybridized carbons (Fsp3) is 0.520. The van der Waals surface area contributed by atoms with E-state index >= 15 is 0 Å². The lowest BCUT2D eigenvalue weighted by Gasteiger charge is -2.22. The molecular formula is C25H33N3O. The molecule has 1 aliphatic rings. The molecule has 0 radical (unpaired) electrons. The fourth-order valence-electron chi connectivity index (χ4n) is 4.66. The van der Waals surface area contributed by atoms with Gasteiger partial charge in [0.25, 0.3) is 0 Å². The summed E-state index contributed by atoms with van der Waals surface area (Å²) in [5, 5.41) is 0. The van der Waals surface area contributed by atoms with Gasteiger partial charge >= 0.3 is 0 Å². The maximum absolute atomic E-state index is 5.64. The lowest BCUT2D eigenvalue weighted by atomic mass is 9.89. The van der Waals surface area contributed by atoms with E-state index in [0.29, 0.717) is 11.8 Å². The Bertz CT molecular complexity index is 1010. The fourth-order valence-corrected chi connectivity index (χ4v) is 4.66. The summed E-state index contributed by atoms with van der Waals surface area (Å²) in [5.74, 6) is 1.82. The Balaban J connectivity index is 1.76. The first-order valence-corrected chi connectivity index (χ1v) is 11.0. The van der Waals surface area contributed by atoms with E-state index in [1.54, 1.807) is 7.11 Å². The van der Waals surface area contributed by atoms with Crippen LogP contribution in [0.5, 0.6) is 5.88 Å². The Hall–Kier alpha value is -2.36. The number of fused-ring (bicyclic) bond motifs is 1. The van der Waals surface area contributed by atoms with Crippen molar-refractivity contribution in [3.05, 3.63) is 41.2 Å². The van der Waals surface area contributed by atoms with E-state index in [0.717, 1.165) is 40.5 Å². The molecule has 1 fully saturated rings. The molecule has 1 aliphatic carbocycles. The Labute approximate surface area is 174 Å². The van der Waals surface area contributed by atoms with E-state index in [9.17, 15) is 0 Å². The van der Waals surface area contributed by atoms with Crippen molar-refractivity contribution >= 4 is 11.0 Å². The molecule has 4 rings (SSSR count). The minimum absolute atomic E-state index is 0.366. The number of hydrogen-bond acceptors (Lipinski definition) is 3. The third-order valence-corrected chi connectivity index (χ3v) is 6.33. The predicted octanol–water partition coefficient (Wildman–Crippen LogP) is 6.43.